The Kier molecular flexibility index (Phi) is 3.07. The van der Waals surface area contributed by atoms with E-state index in [2.05, 4.69) is 5.32 Å². The van der Waals surface area contributed by atoms with Crippen LogP contribution in [0.5, 0.6) is 5.75 Å². The first-order valence-electron chi connectivity index (χ1n) is 6.17. The van der Waals surface area contributed by atoms with Gasteiger partial charge in [0.05, 0.1) is 6.04 Å². The van der Waals surface area contributed by atoms with Crippen molar-refractivity contribution in [3.05, 3.63) is 58.4 Å². The summed E-state index contributed by atoms with van der Waals surface area (Å²) < 4.78 is 13.3. The molecular weight excluding hydrogens is 265 g/mol. The fourth-order valence-corrected chi connectivity index (χ4v) is 2.73. The number of rotatable bonds is 2. The quantitative estimate of drug-likeness (QED) is 0.803. The Morgan fingerprint density at radius 2 is 2.05 bits per heavy atom. The van der Waals surface area contributed by atoms with Crippen LogP contribution in [0.1, 0.15) is 23.6 Å². The molecule has 0 saturated heterocycles. The van der Waals surface area contributed by atoms with E-state index in [-0.39, 0.29) is 11.8 Å². The molecule has 2 aromatic rings. The van der Waals surface area contributed by atoms with Crippen LogP contribution in [-0.2, 0) is 6.42 Å². The number of hydrogen-bond acceptors (Lipinski definition) is 2. The van der Waals surface area contributed by atoms with E-state index in [1.807, 2.05) is 18.2 Å². The highest BCUT2D eigenvalue weighted by atomic mass is 35.5. The molecule has 2 nitrogen and oxygen atoms in total. The maximum absolute atomic E-state index is 13.3. The van der Waals surface area contributed by atoms with Gasteiger partial charge in [-0.2, -0.15) is 0 Å². The van der Waals surface area contributed by atoms with Gasteiger partial charge in [-0.25, -0.2) is 4.39 Å². The van der Waals surface area contributed by atoms with Gasteiger partial charge >= 0.3 is 0 Å². The van der Waals surface area contributed by atoms with Crippen molar-refractivity contribution in [2.75, 3.05) is 5.32 Å². The number of aromatic hydroxyl groups is 1. The van der Waals surface area contributed by atoms with Crippen LogP contribution >= 0.6 is 11.6 Å². The summed E-state index contributed by atoms with van der Waals surface area (Å²) in [5.41, 5.74) is 3.12. The molecule has 1 unspecified atom stereocenters. The van der Waals surface area contributed by atoms with Crippen molar-refractivity contribution >= 4 is 17.3 Å². The molecule has 19 heavy (non-hydrogen) atoms. The minimum Gasteiger partial charge on any atom is -0.505 e. The Morgan fingerprint density at radius 3 is 2.84 bits per heavy atom. The lowest BCUT2D eigenvalue weighted by atomic mass is 10.1. The zero-order chi connectivity index (χ0) is 13.4. The van der Waals surface area contributed by atoms with Crippen molar-refractivity contribution in [3.8, 4) is 5.75 Å². The van der Waals surface area contributed by atoms with Crippen molar-refractivity contribution in [1.82, 2.24) is 0 Å². The largest absolute Gasteiger partial charge is 0.505 e. The maximum Gasteiger partial charge on any atom is 0.166 e. The molecule has 0 fully saturated rings. The van der Waals surface area contributed by atoms with Crippen LogP contribution in [0.3, 0.4) is 0 Å². The highest BCUT2D eigenvalue weighted by Gasteiger charge is 2.22. The molecule has 4 heteroatoms. The molecule has 0 amide bonds. The number of halogens is 2. The lowest BCUT2D eigenvalue weighted by molar-refractivity contribution is 0.432. The zero-order valence-corrected chi connectivity index (χ0v) is 10.9. The summed E-state index contributed by atoms with van der Waals surface area (Å²) >= 11 is 5.97. The summed E-state index contributed by atoms with van der Waals surface area (Å²) in [4.78, 5) is 0. The predicted molar refractivity (Wildman–Crippen MR) is 74.2 cm³/mol. The smallest absolute Gasteiger partial charge is 0.166 e. The SMILES string of the molecule is Oc1ccc(NC2CCc3cc(Cl)ccc32)cc1F. The zero-order valence-electron chi connectivity index (χ0n) is 10.2. The molecule has 0 radical (unpaired) electrons. The van der Waals surface area contributed by atoms with Gasteiger partial charge in [0.1, 0.15) is 0 Å². The number of fused-ring (bicyclic) bond motifs is 1. The molecule has 0 heterocycles. The van der Waals surface area contributed by atoms with Crippen LogP contribution in [-0.4, -0.2) is 5.11 Å². The topological polar surface area (TPSA) is 32.3 Å². The molecule has 3 rings (SSSR count). The van der Waals surface area contributed by atoms with Crippen molar-refractivity contribution in [1.29, 1.82) is 0 Å². The Morgan fingerprint density at radius 1 is 1.21 bits per heavy atom. The molecule has 0 saturated carbocycles. The summed E-state index contributed by atoms with van der Waals surface area (Å²) in [6.07, 6.45) is 1.92. The Balaban J connectivity index is 1.84. The van der Waals surface area contributed by atoms with Crippen molar-refractivity contribution in [2.45, 2.75) is 18.9 Å². The summed E-state index contributed by atoms with van der Waals surface area (Å²) in [7, 11) is 0. The number of phenolic OH excluding ortho intramolecular Hbond substituents is 1. The average Bonchev–Trinajstić information content (AvgIpc) is 2.76. The Bertz CT molecular complexity index is 630. The highest BCUT2D eigenvalue weighted by Crippen LogP contribution is 2.35. The minimum atomic E-state index is -0.612. The summed E-state index contributed by atoms with van der Waals surface area (Å²) in [6.45, 7) is 0. The molecule has 0 aliphatic heterocycles. The van der Waals surface area contributed by atoms with Crippen molar-refractivity contribution in [2.24, 2.45) is 0 Å². The van der Waals surface area contributed by atoms with E-state index in [1.165, 1.54) is 23.3 Å². The normalized spacial score (nSPS) is 17.3. The lowest BCUT2D eigenvalue weighted by Gasteiger charge is -2.16. The first kappa shape index (κ1) is 12.3. The van der Waals surface area contributed by atoms with E-state index in [0.717, 1.165) is 17.9 Å². The van der Waals surface area contributed by atoms with Gasteiger partial charge in [0.25, 0.3) is 0 Å². The Hall–Kier alpha value is -1.74. The van der Waals surface area contributed by atoms with Gasteiger partial charge in [-0.1, -0.05) is 17.7 Å². The number of nitrogens with one attached hydrogen (secondary N) is 1. The first-order chi connectivity index (χ1) is 9.13. The highest BCUT2D eigenvalue weighted by molar-refractivity contribution is 6.30. The van der Waals surface area contributed by atoms with E-state index in [0.29, 0.717) is 5.69 Å². The van der Waals surface area contributed by atoms with E-state index in [9.17, 15) is 9.50 Å². The first-order valence-corrected chi connectivity index (χ1v) is 6.54. The van der Waals surface area contributed by atoms with Gasteiger partial charge in [-0.05, 0) is 48.2 Å². The van der Waals surface area contributed by atoms with Gasteiger partial charge < -0.3 is 10.4 Å². The average molecular weight is 278 g/mol. The second kappa shape index (κ2) is 4.74. The summed E-state index contributed by atoms with van der Waals surface area (Å²) in [5.74, 6) is -0.941. The van der Waals surface area contributed by atoms with E-state index in [4.69, 9.17) is 11.6 Å². The van der Waals surface area contributed by atoms with Gasteiger partial charge in [0.15, 0.2) is 11.6 Å². The third-order valence-electron chi connectivity index (χ3n) is 3.47. The third-order valence-corrected chi connectivity index (χ3v) is 3.71. The standard InChI is InChI=1S/C15H13ClFNO/c16-10-2-4-12-9(7-10)1-5-14(12)18-11-3-6-15(19)13(17)8-11/h2-4,6-8,14,18-19H,1,5H2. The van der Waals surface area contributed by atoms with E-state index >= 15 is 0 Å². The molecule has 1 aliphatic rings. The lowest BCUT2D eigenvalue weighted by Crippen LogP contribution is -2.07. The third kappa shape index (κ3) is 2.38. The van der Waals surface area contributed by atoms with Crippen LogP contribution in [0.2, 0.25) is 5.02 Å². The van der Waals surface area contributed by atoms with Gasteiger partial charge in [0, 0.05) is 16.8 Å². The molecular formula is C15H13ClFNO. The van der Waals surface area contributed by atoms with E-state index < -0.39 is 5.82 Å². The maximum atomic E-state index is 13.3. The molecule has 1 atom stereocenters. The fourth-order valence-electron chi connectivity index (χ4n) is 2.53. The second-order valence-electron chi connectivity index (χ2n) is 4.74. The number of anilines is 1. The monoisotopic (exact) mass is 277 g/mol. The van der Waals surface area contributed by atoms with Crippen LogP contribution in [0.15, 0.2) is 36.4 Å². The van der Waals surface area contributed by atoms with E-state index in [1.54, 1.807) is 6.07 Å². The number of benzene rings is 2. The molecule has 0 aromatic heterocycles. The van der Waals surface area contributed by atoms with Crippen LogP contribution in [0, 0.1) is 5.82 Å². The molecule has 0 bridgehead atoms. The number of aryl methyl sites for hydroxylation is 1. The Labute approximate surface area is 115 Å². The number of phenols is 1. The van der Waals surface area contributed by atoms with Gasteiger partial charge in [-0.3, -0.25) is 0 Å². The number of hydrogen-bond donors (Lipinski definition) is 2. The predicted octanol–water partition coefficient (Wildman–Crippen LogP) is 4.28. The van der Waals surface area contributed by atoms with Crippen molar-refractivity contribution < 1.29 is 9.50 Å². The van der Waals surface area contributed by atoms with Gasteiger partial charge in [0.2, 0.25) is 0 Å². The van der Waals surface area contributed by atoms with Crippen LogP contribution in [0.4, 0.5) is 10.1 Å². The molecule has 1 aliphatic carbocycles. The van der Waals surface area contributed by atoms with Gasteiger partial charge in [-0.15, -0.1) is 0 Å². The molecule has 0 spiro atoms. The molecule has 98 valence electrons. The molecule has 2 N–H and O–H groups in total. The fraction of sp³-hybridized carbons (Fsp3) is 0.200. The second-order valence-corrected chi connectivity index (χ2v) is 5.18. The minimum absolute atomic E-state index is 0.163. The van der Waals surface area contributed by atoms with Crippen LogP contribution < -0.4 is 5.32 Å². The summed E-state index contributed by atoms with van der Waals surface area (Å²) in [6, 6.07) is 10.4. The molecule has 2 aromatic carbocycles. The van der Waals surface area contributed by atoms with Crippen LogP contribution in [0.25, 0.3) is 0 Å². The van der Waals surface area contributed by atoms with Crippen molar-refractivity contribution in [3.63, 3.8) is 0 Å². The summed E-state index contributed by atoms with van der Waals surface area (Å²) in [5, 5.41) is 13.2.